The molecule has 0 aromatic heterocycles. The van der Waals surface area contributed by atoms with Gasteiger partial charge < -0.3 is 19.5 Å². The standard InChI is InChI=1S/C18H19NO3/c1-13(2)18(20)22-16-8-9-17-14(10-16)11-19(12-21-17)15-6-4-3-5-7-15/h3-10,18,20H,1,11-12H2,2H3. The fourth-order valence-electron chi connectivity index (χ4n) is 2.33. The largest absolute Gasteiger partial charge is 0.473 e. The molecular weight excluding hydrogens is 278 g/mol. The molecule has 0 radical (unpaired) electrons. The van der Waals surface area contributed by atoms with E-state index in [9.17, 15) is 5.11 Å². The summed E-state index contributed by atoms with van der Waals surface area (Å²) in [5.74, 6) is 1.46. The van der Waals surface area contributed by atoms with Gasteiger partial charge in [-0.25, -0.2) is 0 Å². The first-order chi connectivity index (χ1) is 10.6. The Balaban J connectivity index is 1.79. The fourth-order valence-corrected chi connectivity index (χ4v) is 2.33. The molecule has 2 aromatic rings. The van der Waals surface area contributed by atoms with Crippen LogP contribution in [-0.2, 0) is 6.54 Å². The Morgan fingerprint density at radius 1 is 1.27 bits per heavy atom. The number of benzene rings is 2. The van der Waals surface area contributed by atoms with Crippen LogP contribution in [-0.4, -0.2) is 18.1 Å². The zero-order valence-corrected chi connectivity index (χ0v) is 12.5. The summed E-state index contributed by atoms with van der Waals surface area (Å²) in [5.41, 5.74) is 2.71. The molecule has 0 saturated heterocycles. The molecule has 0 bridgehead atoms. The van der Waals surface area contributed by atoms with Crippen molar-refractivity contribution >= 4 is 5.69 Å². The first kappa shape index (κ1) is 14.5. The van der Waals surface area contributed by atoms with Crippen LogP contribution in [0.1, 0.15) is 12.5 Å². The number of hydrogen-bond acceptors (Lipinski definition) is 4. The Labute approximate surface area is 130 Å². The molecule has 2 aromatic carbocycles. The van der Waals surface area contributed by atoms with Crippen molar-refractivity contribution in [3.05, 3.63) is 66.2 Å². The van der Waals surface area contributed by atoms with E-state index >= 15 is 0 Å². The van der Waals surface area contributed by atoms with E-state index in [1.165, 1.54) is 0 Å². The van der Waals surface area contributed by atoms with E-state index in [-0.39, 0.29) is 0 Å². The van der Waals surface area contributed by atoms with Crippen molar-refractivity contribution in [1.82, 2.24) is 0 Å². The van der Waals surface area contributed by atoms with E-state index in [1.807, 2.05) is 30.3 Å². The first-order valence-electron chi connectivity index (χ1n) is 7.19. The number of para-hydroxylation sites is 1. The third kappa shape index (κ3) is 3.07. The predicted molar refractivity (Wildman–Crippen MR) is 86.0 cm³/mol. The molecule has 0 spiro atoms. The molecular formula is C18H19NO3. The zero-order valence-electron chi connectivity index (χ0n) is 12.5. The maximum atomic E-state index is 9.75. The van der Waals surface area contributed by atoms with E-state index in [2.05, 4.69) is 23.6 Å². The highest BCUT2D eigenvalue weighted by Gasteiger charge is 2.18. The molecule has 0 amide bonds. The molecule has 4 heteroatoms. The maximum absolute atomic E-state index is 9.75. The molecule has 1 aliphatic heterocycles. The van der Waals surface area contributed by atoms with Gasteiger partial charge >= 0.3 is 0 Å². The zero-order chi connectivity index (χ0) is 15.5. The number of aliphatic hydroxyl groups excluding tert-OH is 1. The highest BCUT2D eigenvalue weighted by Crippen LogP contribution is 2.31. The van der Waals surface area contributed by atoms with Crippen LogP contribution in [0.4, 0.5) is 5.69 Å². The van der Waals surface area contributed by atoms with Crippen molar-refractivity contribution in [2.24, 2.45) is 0 Å². The molecule has 3 rings (SSSR count). The van der Waals surface area contributed by atoms with Crippen molar-refractivity contribution in [1.29, 1.82) is 0 Å². The smallest absolute Gasteiger partial charge is 0.219 e. The molecule has 0 aliphatic carbocycles. The SMILES string of the molecule is C=C(C)C(O)Oc1ccc2c(c1)CN(c1ccccc1)CO2. The van der Waals surface area contributed by atoms with Crippen molar-refractivity contribution in [3.8, 4) is 11.5 Å². The monoisotopic (exact) mass is 297 g/mol. The molecule has 0 saturated carbocycles. The first-order valence-corrected chi connectivity index (χ1v) is 7.19. The summed E-state index contributed by atoms with van der Waals surface area (Å²) in [6.07, 6.45) is -0.993. The summed E-state index contributed by atoms with van der Waals surface area (Å²) in [5, 5.41) is 9.75. The van der Waals surface area contributed by atoms with Gasteiger partial charge in [-0.05, 0) is 42.8 Å². The molecule has 1 atom stereocenters. The number of rotatable bonds is 4. The Kier molecular flexibility index (Phi) is 4.02. The van der Waals surface area contributed by atoms with Crippen molar-refractivity contribution in [3.63, 3.8) is 0 Å². The lowest BCUT2D eigenvalue weighted by Gasteiger charge is -2.31. The summed E-state index contributed by atoms with van der Waals surface area (Å²) in [6, 6.07) is 15.7. The van der Waals surface area contributed by atoms with Crippen LogP contribution in [0.5, 0.6) is 11.5 Å². The van der Waals surface area contributed by atoms with Crippen molar-refractivity contribution in [2.75, 3.05) is 11.6 Å². The molecule has 1 unspecified atom stereocenters. The second-order valence-corrected chi connectivity index (χ2v) is 5.39. The Morgan fingerprint density at radius 3 is 2.77 bits per heavy atom. The van der Waals surface area contributed by atoms with Gasteiger partial charge in [0.25, 0.3) is 0 Å². The van der Waals surface area contributed by atoms with Gasteiger partial charge in [0, 0.05) is 17.8 Å². The average Bonchev–Trinajstić information content (AvgIpc) is 2.55. The molecule has 4 nitrogen and oxygen atoms in total. The number of anilines is 1. The molecule has 1 N–H and O–H groups in total. The number of fused-ring (bicyclic) bond motifs is 1. The van der Waals surface area contributed by atoms with Gasteiger partial charge in [0.05, 0.1) is 0 Å². The Morgan fingerprint density at radius 2 is 2.05 bits per heavy atom. The van der Waals surface area contributed by atoms with Crippen LogP contribution in [0.3, 0.4) is 0 Å². The molecule has 114 valence electrons. The van der Waals surface area contributed by atoms with Gasteiger partial charge in [0.2, 0.25) is 6.29 Å². The van der Waals surface area contributed by atoms with Crippen LogP contribution in [0.2, 0.25) is 0 Å². The minimum absolute atomic E-state index is 0.519. The minimum atomic E-state index is -0.993. The Bertz CT molecular complexity index is 669. The van der Waals surface area contributed by atoms with Crippen LogP contribution in [0.25, 0.3) is 0 Å². The third-order valence-corrected chi connectivity index (χ3v) is 3.56. The van der Waals surface area contributed by atoms with E-state index in [0.717, 1.165) is 23.5 Å². The van der Waals surface area contributed by atoms with Gasteiger partial charge in [-0.1, -0.05) is 24.8 Å². The van der Waals surface area contributed by atoms with Gasteiger partial charge in [-0.15, -0.1) is 0 Å². The lowest BCUT2D eigenvalue weighted by atomic mass is 10.1. The van der Waals surface area contributed by atoms with E-state index in [4.69, 9.17) is 9.47 Å². The summed E-state index contributed by atoms with van der Waals surface area (Å²) in [6.45, 7) is 6.66. The van der Waals surface area contributed by atoms with Crippen molar-refractivity contribution < 1.29 is 14.6 Å². The molecule has 0 fully saturated rings. The topological polar surface area (TPSA) is 41.9 Å². The number of hydrogen-bond donors (Lipinski definition) is 1. The lowest BCUT2D eigenvalue weighted by Crippen LogP contribution is -2.31. The van der Waals surface area contributed by atoms with Gasteiger partial charge in [0.15, 0.2) is 6.73 Å². The van der Waals surface area contributed by atoms with Crippen molar-refractivity contribution in [2.45, 2.75) is 19.8 Å². The quantitative estimate of drug-likeness (QED) is 0.694. The Hall–Kier alpha value is -2.46. The summed E-state index contributed by atoms with van der Waals surface area (Å²) < 4.78 is 11.3. The number of nitrogens with zero attached hydrogens (tertiary/aromatic N) is 1. The van der Waals surface area contributed by atoms with E-state index in [0.29, 0.717) is 18.1 Å². The van der Waals surface area contributed by atoms with Gasteiger partial charge in [-0.3, -0.25) is 0 Å². The summed E-state index contributed by atoms with van der Waals surface area (Å²) in [4.78, 5) is 2.14. The van der Waals surface area contributed by atoms with Crippen LogP contribution < -0.4 is 14.4 Å². The average molecular weight is 297 g/mol. The van der Waals surface area contributed by atoms with Gasteiger partial charge in [-0.2, -0.15) is 0 Å². The molecule has 1 aliphatic rings. The molecule has 22 heavy (non-hydrogen) atoms. The van der Waals surface area contributed by atoms with Gasteiger partial charge in [0.1, 0.15) is 11.5 Å². The normalized spacial score (nSPS) is 14.7. The van der Waals surface area contributed by atoms with Crippen LogP contribution in [0.15, 0.2) is 60.7 Å². The third-order valence-electron chi connectivity index (χ3n) is 3.56. The maximum Gasteiger partial charge on any atom is 0.219 e. The number of ether oxygens (including phenoxy) is 2. The van der Waals surface area contributed by atoms with Crippen LogP contribution in [0, 0.1) is 0 Å². The number of aliphatic hydroxyl groups is 1. The second kappa shape index (κ2) is 6.12. The lowest BCUT2D eigenvalue weighted by molar-refractivity contribution is 0.0150. The predicted octanol–water partition coefficient (Wildman–Crippen LogP) is 3.32. The highest BCUT2D eigenvalue weighted by molar-refractivity contribution is 5.51. The summed E-state index contributed by atoms with van der Waals surface area (Å²) >= 11 is 0. The second-order valence-electron chi connectivity index (χ2n) is 5.39. The highest BCUT2D eigenvalue weighted by atomic mass is 16.6. The fraction of sp³-hybridized carbons (Fsp3) is 0.222. The molecule has 1 heterocycles. The summed E-state index contributed by atoms with van der Waals surface area (Å²) in [7, 11) is 0. The van der Waals surface area contributed by atoms with E-state index in [1.54, 1.807) is 13.0 Å². The van der Waals surface area contributed by atoms with Crippen LogP contribution >= 0.6 is 0 Å². The minimum Gasteiger partial charge on any atom is -0.473 e. The van der Waals surface area contributed by atoms with E-state index < -0.39 is 6.29 Å².